The first kappa shape index (κ1) is 26.0. The second kappa shape index (κ2) is 12.3. The second-order valence-corrected chi connectivity index (χ2v) is 8.18. The zero-order chi connectivity index (χ0) is 26.9. The molecule has 0 bridgehead atoms. The maximum Gasteiger partial charge on any atom is 0.416 e. The molecule has 4 rings (SSSR count). The first-order valence-corrected chi connectivity index (χ1v) is 11.7. The van der Waals surface area contributed by atoms with Gasteiger partial charge in [-0.05, 0) is 61.0 Å². The van der Waals surface area contributed by atoms with Crippen LogP contribution >= 0.6 is 0 Å². The fraction of sp³-hybridized carbons (Fsp3) is 0.138. The minimum absolute atomic E-state index is 0.0395. The first-order valence-electron chi connectivity index (χ1n) is 11.7. The van der Waals surface area contributed by atoms with Crippen LogP contribution in [0.15, 0.2) is 89.5 Å². The molecule has 38 heavy (non-hydrogen) atoms. The third-order valence-electron chi connectivity index (χ3n) is 5.43. The van der Waals surface area contributed by atoms with Gasteiger partial charge < -0.3 is 23.7 Å². The fourth-order valence-corrected chi connectivity index (χ4v) is 3.50. The molecule has 0 spiro atoms. The number of carbonyl (C=O) groups is 2. The first-order chi connectivity index (χ1) is 18.4. The van der Waals surface area contributed by atoms with Crippen LogP contribution in [-0.2, 0) is 11.3 Å². The Balaban J connectivity index is 1.36. The second-order valence-electron chi connectivity index (χ2n) is 8.18. The number of hydrogen-bond donors (Lipinski definition) is 1. The number of carbonyl (C=O) groups excluding carboxylic acids is 1. The maximum absolute atomic E-state index is 12.6. The molecule has 4 aromatic rings. The van der Waals surface area contributed by atoms with Gasteiger partial charge in [0.15, 0.2) is 0 Å². The van der Waals surface area contributed by atoms with E-state index in [1.165, 1.54) is 13.4 Å². The number of rotatable bonds is 10. The molecular weight excluding hydrogens is 488 g/mol. The zero-order valence-electron chi connectivity index (χ0n) is 20.9. The quantitative estimate of drug-likeness (QED) is 0.265. The molecular formula is C29H26N2O7. The topological polar surface area (TPSA) is 111 Å². The van der Waals surface area contributed by atoms with E-state index in [2.05, 4.69) is 4.98 Å². The lowest BCUT2D eigenvalue weighted by Crippen LogP contribution is -2.37. The Morgan fingerprint density at radius 1 is 0.947 bits per heavy atom. The van der Waals surface area contributed by atoms with Crippen LogP contribution in [0.3, 0.4) is 0 Å². The lowest BCUT2D eigenvalue weighted by molar-refractivity contribution is -0.138. The smallest absolute Gasteiger partial charge is 0.416 e. The molecule has 9 heteroatoms. The van der Waals surface area contributed by atoms with Crippen LogP contribution in [0, 0.1) is 6.92 Å². The number of oxazole rings is 1. The van der Waals surface area contributed by atoms with E-state index in [0.29, 0.717) is 34.4 Å². The summed E-state index contributed by atoms with van der Waals surface area (Å²) in [5.41, 5.74) is 2.24. The van der Waals surface area contributed by atoms with Crippen molar-refractivity contribution >= 4 is 18.1 Å². The summed E-state index contributed by atoms with van der Waals surface area (Å²) >= 11 is 0. The number of ether oxygens (including phenoxy) is 3. The number of methoxy groups -OCH3 is 1. The SMILES string of the molecule is COc1ccc(OC(=O)N(CC(=O)O)Cc2ccc(O/C=C/c3nc(-c4ccccc4)oc3C)cc2)cc1. The van der Waals surface area contributed by atoms with Crippen molar-refractivity contribution in [1.29, 1.82) is 0 Å². The van der Waals surface area contributed by atoms with Crippen LogP contribution in [0.25, 0.3) is 17.5 Å². The molecule has 0 saturated heterocycles. The summed E-state index contributed by atoms with van der Waals surface area (Å²) in [4.78, 5) is 29.6. The van der Waals surface area contributed by atoms with Crippen molar-refractivity contribution < 1.29 is 33.3 Å². The van der Waals surface area contributed by atoms with Gasteiger partial charge in [-0.1, -0.05) is 30.3 Å². The highest BCUT2D eigenvalue weighted by atomic mass is 16.6. The van der Waals surface area contributed by atoms with Crippen LogP contribution in [-0.4, -0.2) is 40.7 Å². The van der Waals surface area contributed by atoms with Gasteiger partial charge in [0.25, 0.3) is 0 Å². The molecule has 1 N–H and O–H groups in total. The number of aromatic nitrogens is 1. The minimum Gasteiger partial charge on any atom is -0.497 e. The van der Waals surface area contributed by atoms with Crippen LogP contribution in [0.1, 0.15) is 17.0 Å². The molecule has 0 radical (unpaired) electrons. The number of carboxylic acids is 1. The van der Waals surface area contributed by atoms with Crippen LogP contribution in [0.5, 0.6) is 17.2 Å². The lowest BCUT2D eigenvalue weighted by atomic mass is 10.2. The summed E-state index contributed by atoms with van der Waals surface area (Å²) in [6.07, 6.45) is 2.44. The molecule has 0 aliphatic rings. The molecule has 0 aliphatic heterocycles. The van der Waals surface area contributed by atoms with Crippen molar-refractivity contribution in [1.82, 2.24) is 9.88 Å². The molecule has 0 saturated carbocycles. The molecule has 0 fully saturated rings. The molecule has 0 unspecified atom stereocenters. The van der Waals surface area contributed by atoms with Gasteiger partial charge in [-0.3, -0.25) is 9.69 Å². The number of carboxylic acid groups (broad SMARTS) is 1. The molecule has 1 aromatic heterocycles. The summed E-state index contributed by atoms with van der Waals surface area (Å²) in [6.45, 7) is 1.35. The van der Waals surface area contributed by atoms with E-state index in [1.54, 1.807) is 54.6 Å². The van der Waals surface area contributed by atoms with Crippen molar-refractivity contribution in [3.05, 3.63) is 102 Å². The normalized spacial score (nSPS) is 10.8. The van der Waals surface area contributed by atoms with Gasteiger partial charge in [-0.2, -0.15) is 0 Å². The van der Waals surface area contributed by atoms with Gasteiger partial charge in [-0.25, -0.2) is 9.78 Å². The van der Waals surface area contributed by atoms with Gasteiger partial charge in [0.1, 0.15) is 35.2 Å². The summed E-state index contributed by atoms with van der Waals surface area (Å²) in [5.74, 6) is 1.49. The fourth-order valence-electron chi connectivity index (χ4n) is 3.50. The molecule has 194 valence electrons. The minimum atomic E-state index is -1.15. The van der Waals surface area contributed by atoms with Gasteiger partial charge >= 0.3 is 12.1 Å². The summed E-state index contributed by atoms with van der Waals surface area (Å²) in [5, 5.41) is 9.26. The number of hydrogen-bond acceptors (Lipinski definition) is 7. The third kappa shape index (κ3) is 7.01. The monoisotopic (exact) mass is 514 g/mol. The maximum atomic E-state index is 12.6. The van der Waals surface area contributed by atoms with Crippen molar-refractivity contribution in [3.63, 3.8) is 0 Å². The van der Waals surface area contributed by atoms with E-state index >= 15 is 0 Å². The highest BCUT2D eigenvalue weighted by molar-refractivity contribution is 5.78. The van der Waals surface area contributed by atoms with E-state index in [-0.39, 0.29) is 12.3 Å². The number of amides is 1. The van der Waals surface area contributed by atoms with Crippen LogP contribution < -0.4 is 14.2 Å². The van der Waals surface area contributed by atoms with Crippen molar-refractivity contribution in [2.45, 2.75) is 13.5 Å². The van der Waals surface area contributed by atoms with Crippen molar-refractivity contribution in [2.75, 3.05) is 13.7 Å². The molecule has 0 atom stereocenters. The Bertz CT molecular complexity index is 1400. The van der Waals surface area contributed by atoms with Gasteiger partial charge in [0.2, 0.25) is 5.89 Å². The molecule has 1 heterocycles. The highest BCUT2D eigenvalue weighted by Crippen LogP contribution is 2.23. The van der Waals surface area contributed by atoms with E-state index in [1.807, 2.05) is 37.3 Å². The van der Waals surface area contributed by atoms with E-state index < -0.39 is 18.6 Å². The van der Waals surface area contributed by atoms with Gasteiger partial charge in [0.05, 0.1) is 13.4 Å². The highest BCUT2D eigenvalue weighted by Gasteiger charge is 2.19. The number of aliphatic carboxylic acids is 1. The van der Waals surface area contributed by atoms with Crippen LogP contribution in [0.2, 0.25) is 0 Å². The number of benzene rings is 3. The van der Waals surface area contributed by atoms with Gasteiger partial charge in [0, 0.05) is 18.2 Å². The Morgan fingerprint density at radius 2 is 1.61 bits per heavy atom. The third-order valence-corrected chi connectivity index (χ3v) is 5.43. The predicted octanol–water partition coefficient (Wildman–Crippen LogP) is 5.79. The lowest BCUT2D eigenvalue weighted by Gasteiger charge is -2.20. The van der Waals surface area contributed by atoms with Gasteiger partial charge in [-0.15, -0.1) is 0 Å². The zero-order valence-corrected chi connectivity index (χ0v) is 20.9. The summed E-state index contributed by atoms with van der Waals surface area (Å²) < 4.78 is 21.8. The average Bonchev–Trinajstić information content (AvgIpc) is 3.30. The Labute approximate surface area is 219 Å². The number of aryl methyl sites for hydroxylation is 1. The molecule has 0 aliphatic carbocycles. The van der Waals surface area contributed by atoms with E-state index in [4.69, 9.17) is 18.6 Å². The largest absolute Gasteiger partial charge is 0.497 e. The summed E-state index contributed by atoms with van der Waals surface area (Å²) in [6, 6.07) is 23.0. The average molecular weight is 515 g/mol. The summed E-state index contributed by atoms with van der Waals surface area (Å²) in [7, 11) is 1.53. The predicted molar refractivity (Wildman–Crippen MR) is 140 cm³/mol. The van der Waals surface area contributed by atoms with Crippen LogP contribution in [0.4, 0.5) is 4.79 Å². The Morgan fingerprint density at radius 3 is 2.26 bits per heavy atom. The van der Waals surface area contributed by atoms with E-state index in [9.17, 15) is 14.7 Å². The molecule has 3 aromatic carbocycles. The van der Waals surface area contributed by atoms with Crippen molar-refractivity contribution in [3.8, 4) is 28.7 Å². The molecule has 9 nitrogen and oxygen atoms in total. The molecule has 1 amide bonds. The Kier molecular flexibility index (Phi) is 8.40. The number of nitrogens with zero attached hydrogens (tertiary/aromatic N) is 2. The van der Waals surface area contributed by atoms with Crippen molar-refractivity contribution in [2.24, 2.45) is 0 Å². The standard InChI is InChI=1S/C29H26N2O7/c1-20-26(30-28(37-20)22-6-4-3-5-7-22)16-17-36-24-10-8-21(9-11-24)18-31(19-27(32)33)29(34)38-25-14-12-23(35-2)13-15-25/h3-17H,18-19H2,1-2H3,(H,32,33)/b17-16+. The Hall–Kier alpha value is -5.05. The van der Waals surface area contributed by atoms with E-state index in [0.717, 1.165) is 10.5 Å².